The molecule has 1 unspecified atom stereocenters. The maximum atomic E-state index is 13.6. The highest BCUT2D eigenvalue weighted by Crippen LogP contribution is 2.30. The van der Waals surface area contributed by atoms with Crippen LogP contribution in [0.2, 0.25) is 0 Å². The molecular weight excluding hydrogens is 416 g/mol. The lowest BCUT2D eigenvalue weighted by Crippen LogP contribution is -2.44. The molecule has 2 aliphatic rings. The van der Waals surface area contributed by atoms with E-state index in [1.165, 1.54) is 19.3 Å². The van der Waals surface area contributed by atoms with Gasteiger partial charge in [-0.05, 0) is 32.6 Å². The van der Waals surface area contributed by atoms with E-state index in [9.17, 15) is 9.59 Å². The largest absolute Gasteiger partial charge is 0.466 e. The number of nitrogens with zero attached hydrogens (tertiary/aromatic N) is 4. The molecule has 1 aromatic carbocycles. The number of esters is 1. The number of carbonyl (C=O) groups is 2. The number of rotatable bonds is 6. The third kappa shape index (κ3) is 5.34. The van der Waals surface area contributed by atoms with Crippen LogP contribution < -0.4 is 4.90 Å². The number of piperidine rings is 1. The second-order valence-electron chi connectivity index (χ2n) is 9.04. The monoisotopic (exact) mass is 450 g/mol. The molecule has 1 amide bonds. The molecule has 1 atom stereocenters. The first-order valence-corrected chi connectivity index (χ1v) is 12.2. The van der Waals surface area contributed by atoms with E-state index in [-0.39, 0.29) is 17.8 Å². The lowest BCUT2D eigenvalue weighted by Gasteiger charge is -2.35. The Kier molecular flexibility index (Phi) is 7.57. The number of benzene rings is 1. The van der Waals surface area contributed by atoms with Gasteiger partial charge >= 0.3 is 5.97 Å². The molecule has 4 rings (SSSR count). The van der Waals surface area contributed by atoms with Gasteiger partial charge in [-0.1, -0.05) is 49.6 Å². The molecule has 7 nitrogen and oxygen atoms in total. The van der Waals surface area contributed by atoms with Crippen LogP contribution in [0.4, 0.5) is 5.82 Å². The second kappa shape index (κ2) is 10.8. The van der Waals surface area contributed by atoms with E-state index in [1.54, 1.807) is 11.1 Å². The summed E-state index contributed by atoms with van der Waals surface area (Å²) in [5.74, 6) is 0.699. The lowest BCUT2D eigenvalue weighted by molar-refractivity contribution is -0.149. The average Bonchev–Trinajstić information content (AvgIpc) is 2.88. The molecule has 1 saturated carbocycles. The number of aromatic nitrogens is 2. The van der Waals surface area contributed by atoms with E-state index in [0.717, 1.165) is 31.2 Å². The summed E-state index contributed by atoms with van der Waals surface area (Å²) in [6.45, 7) is 3.17. The first kappa shape index (κ1) is 23.2. The Balaban J connectivity index is 1.64. The number of likely N-dealkylation sites (tertiary alicyclic amines) is 1. The number of amides is 1. The Morgan fingerprint density at radius 3 is 2.58 bits per heavy atom. The highest BCUT2D eigenvalue weighted by atomic mass is 16.5. The van der Waals surface area contributed by atoms with Crippen molar-refractivity contribution in [2.45, 2.75) is 57.9 Å². The summed E-state index contributed by atoms with van der Waals surface area (Å²) < 4.78 is 5.21. The maximum absolute atomic E-state index is 13.6. The van der Waals surface area contributed by atoms with E-state index in [1.807, 2.05) is 44.3 Å². The van der Waals surface area contributed by atoms with Crippen LogP contribution in [0.1, 0.15) is 62.2 Å². The molecule has 33 heavy (non-hydrogen) atoms. The standard InChI is InChI=1S/C26H34N4O3/c1-3-33-26(32)20-13-10-16-30(18-20)25(31)22-17-27-23(19-11-6-4-7-12-19)28-24(22)29(2)21-14-8-5-9-15-21/h4,6-7,11-12,17,20-21H,3,5,8-10,13-16,18H2,1-2H3. The smallest absolute Gasteiger partial charge is 0.310 e. The van der Waals surface area contributed by atoms with E-state index >= 15 is 0 Å². The minimum atomic E-state index is -0.272. The van der Waals surface area contributed by atoms with Crippen molar-refractivity contribution in [3.05, 3.63) is 42.1 Å². The molecule has 2 aromatic rings. The zero-order valence-corrected chi connectivity index (χ0v) is 19.7. The van der Waals surface area contributed by atoms with Crippen molar-refractivity contribution in [2.24, 2.45) is 5.92 Å². The number of anilines is 1. The van der Waals surface area contributed by atoms with Crippen LogP contribution in [-0.2, 0) is 9.53 Å². The lowest BCUT2D eigenvalue weighted by atomic mass is 9.94. The van der Waals surface area contributed by atoms with Crippen molar-refractivity contribution >= 4 is 17.7 Å². The Bertz CT molecular complexity index is 959. The molecule has 1 aromatic heterocycles. The fourth-order valence-corrected chi connectivity index (χ4v) is 4.94. The minimum Gasteiger partial charge on any atom is -0.466 e. The molecule has 1 saturated heterocycles. The van der Waals surface area contributed by atoms with Crippen molar-refractivity contribution in [3.63, 3.8) is 0 Å². The quantitative estimate of drug-likeness (QED) is 0.610. The Hall–Kier alpha value is -2.96. The van der Waals surface area contributed by atoms with Crippen molar-refractivity contribution in [1.29, 1.82) is 0 Å². The van der Waals surface area contributed by atoms with Crippen LogP contribution in [0.15, 0.2) is 36.5 Å². The van der Waals surface area contributed by atoms with Crippen molar-refractivity contribution < 1.29 is 14.3 Å². The summed E-state index contributed by atoms with van der Waals surface area (Å²) in [6, 6.07) is 10.2. The Morgan fingerprint density at radius 2 is 1.85 bits per heavy atom. The van der Waals surface area contributed by atoms with Crippen molar-refractivity contribution in [1.82, 2.24) is 14.9 Å². The molecule has 0 radical (unpaired) electrons. The average molecular weight is 451 g/mol. The maximum Gasteiger partial charge on any atom is 0.310 e. The van der Waals surface area contributed by atoms with Crippen LogP contribution in [0.5, 0.6) is 0 Å². The fraction of sp³-hybridized carbons (Fsp3) is 0.538. The third-order valence-electron chi connectivity index (χ3n) is 6.82. The van der Waals surface area contributed by atoms with Gasteiger partial charge in [0.05, 0.1) is 12.5 Å². The SMILES string of the molecule is CCOC(=O)C1CCCN(C(=O)c2cnc(-c3ccccc3)nc2N(C)C2CCCCC2)C1. The predicted molar refractivity (Wildman–Crippen MR) is 128 cm³/mol. The molecule has 176 valence electrons. The van der Waals surface area contributed by atoms with Crippen LogP contribution >= 0.6 is 0 Å². The van der Waals surface area contributed by atoms with Crippen LogP contribution in [0.3, 0.4) is 0 Å². The summed E-state index contributed by atoms with van der Waals surface area (Å²) in [6.07, 6.45) is 9.06. The molecule has 7 heteroatoms. The Morgan fingerprint density at radius 1 is 1.09 bits per heavy atom. The molecule has 0 N–H and O–H groups in total. The number of hydrogen-bond donors (Lipinski definition) is 0. The van der Waals surface area contributed by atoms with Gasteiger partial charge in [0.25, 0.3) is 5.91 Å². The predicted octanol–water partition coefficient (Wildman–Crippen LogP) is 4.33. The fourth-order valence-electron chi connectivity index (χ4n) is 4.94. The molecular formula is C26H34N4O3. The van der Waals surface area contributed by atoms with Gasteiger partial charge in [-0.3, -0.25) is 9.59 Å². The molecule has 1 aliphatic carbocycles. The highest BCUT2D eigenvalue weighted by molar-refractivity contribution is 5.99. The zero-order valence-electron chi connectivity index (χ0n) is 19.7. The number of hydrogen-bond acceptors (Lipinski definition) is 6. The van der Waals surface area contributed by atoms with Crippen LogP contribution in [0.25, 0.3) is 11.4 Å². The zero-order chi connectivity index (χ0) is 23.2. The number of ether oxygens (including phenoxy) is 1. The van der Waals surface area contributed by atoms with Gasteiger partial charge in [-0.25, -0.2) is 9.97 Å². The van der Waals surface area contributed by atoms with Gasteiger partial charge in [0, 0.05) is 37.9 Å². The van der Waals surface area contributed by atoms with E-state index in [2.05, 4.69) is 9.88 Å². The first-order chi connectivity index (χ1) is 16.1. The topological polar surface area (TPSA) is 75.6 Å². The van der Waals surface area contributed by atoms with Crippen molar-refractivity contribution in [2.75, 3.05) is 31.6 Å². The number of carbonyl (C=O) groups excluding carboxylic acids is 2. The van der Waals surface area contributed by atoms with Crippen LogP contribution in [-0.4, -0.2) is 59.5 Å². The molecule has 1 aliphatic heterocycles. The first-order valence-electron chi connectivity index (χ1n) is 12.2. The molecule has 2 fully saturated rings. The summed E-state index contributed by atoms with van der Waals surface area (Å²) in [7, 11) is 2.04. The Labute approximate surface area is 196 Å². The molecule has 2 heterocycles. The van der Waals surface area contributed by atoms with Crippen LogP contribution in [0, 0.1) is 5.92 Å². The summed E-state index contributed by atoms with van der Waals surface area (Å²) in [5.41, 5.74) is 1.43. The van der Waals surface area contributed by atoms with E-state index in [4.69, 9.17) is 9.72 Å². The minimum absolute atomic E-state index is 0.110. The van der Waals surface area contributed by atoms with Gasteiger partial charge < -0.3 is 14.5 Å². The second-order valence-corrected chi connectivity index (χ2v) is 9.04. The summed E-state index contributed by atoms with van der Waals surface area (Å²) in [4.78, 5) is 39.3. The van der Waals surface area contributed by atoms with Gasteiger partial charge in [0.2, 0.25) is 0 Å². The van der Waals surface area contributed by atoms with Crippen molar-refractivity contribution in [3.8, 4) is 11.4 Å². The van der Waals surface area contributed by atoms with Gasteiger partial charge in [0.1, 0.15) is 11.4 Å². The third-order valence-corrected chi connectivity index (χ3v) is 6.82. The van der Waals surface area contributed by atoms with Gasteiger partial charge in [-0.15, -0.1) is 0 Å². The van der Waals surface area contributed by atoms with Gasteiger partial charge in [-0.2, -0.15) is 0 Å². The molecule has 0 spiro atoms. The summed E-state index contributed by atoms with van der Waals surface area (Å²) in [5, 5.41) is 0. The molecule has 0 bridgehead atoms. The highest BCUT2D eigenvalue weighted by Gasteiger charge is 2.32. The normalized spacial score (nSPS) is 19.2. The van der Waals surface area contributed by atoms with E-state index in [0.29, 0.717) is 42.9 Å². The van der Waals surface area contributed by atoms with Gasteiger partial charge in [0.15, 0.2) is 5.82 Å². The summed E-state index contributed by atoms with van der Waals surface area (Å²) >= 11 is 0. The van der Waals surface area contributed by atoms with E-state index < -0.39 is 0 Å².